The van der Waals surface area contributed by atoms with Crippen LogP contribution in [0.1, 0.15) is 53.2 Å². The number of carbonyl (C=O) groups excluding carboxylic acids is 2. The molecule has 1 aliphatic carbocycles. The molecule has 180 valence electrons. The fourth-order valence-corrected chi connectivity index (χ4v) is 4.47. The highest BCUT2D eigenvalue weighted by Crippen LogP contribution is 2.44. The molecule has 0 saturated carbocycles. The fraction of sp³-hybridized carbons (Fsp3) is 0.250. The van der Waals surface area contributed by atoms with Crippen molar-refractivity contribution in [3.05, 3.63) is 89.0 Å². The molecule has 0 radical (unpaired) electrons. The predicted octanol–water partition coefficient (Wildman–Crippen LogP) is 5.20. The molecule has 0 aromatic heterocycles. The zero-order valence-electron chi connectivity index (χ0n) is 19.7. The van der Waals surface area contributed by atoms with E-state index in [2.05, 4.69) is 22.8 Å². The third-order valence-corrected chi connectivity index (χ3v) is 6.18. The van der Waals surface area contributed by atoms with Gasteiger partial charge in [0.25, 0.3) is 5.91 Å². The van der Waals surface area contributed by atoms with Gasteiger partial charge in [0.15, 0.2) is 0 Å². The number of carboxylic acid groups (broad SMARTS) is 1. The number of rotatable bonds is 8. The third-order valence-electron chi connectivity index (χ3n) is 6.18. The van der Waals surface area contributed by atoms with E-state index in [0.717, 1.165) is 27.8 Å². The molecule has 1 aliphatic rings. The van der Waals surface area contributed by atoms with Gasteiger partial charge >= 0.3 is 12.1 Å². The Kier molecular flexibility index (Phi) is 7.15. The van der Waals surface area contributed by atoms with E-state index in [1.165, 1.54) is 0 Å². The zero-order chi connectivity index (χ0) is 24.9. The van der Waals surface area contributed by atoms with E-state index in [9.17, 15) is 14.4 Å². The quantitative estimate of drug-likeness (QED) is 0.418. The van der Waals surface area contributed by atoms with Crippen molar-refractivity contribution in [1.82, 2.24) is 5.32 Å². The van der Waals surface area contributed by atoms with Crippen LogP contribution < -0.4 is 10.6 Å². The molecule has 35 heavy (non-hydrogen) atoms. The number of carboxylic acids is 1. The SMILES string of the molecule is CCc1ccc(NC(=O)OCC2c3ccccc3-c3ccccc32)c(C(=O)N[C@H](C)CC(=O)O)c1. The van der Waals surface area contributed by atoms with E-state index < -0.39 is 24.0 Å². The van der Waals surface area contributed by atoms with E-state index in [4.69, 9.17) is 9.84 Å². The maximum atomic E-state index is 12.9. The van der Waals surface area contributed by atoms with Crippen LogP contribution in [0.3, 0.4) is 0 Å². The van der Waals surface area contributed by atoms with E-state index in [1.807, 2.05) is 49.4 Å². The average molecular weight is 473 g/mol. The van der Waals surface area contributed by atoms with Gasteiger partial charge in [0, 0.05) is 12.0 Å². The van der Waals surface area contributed by atoms with Gasteiger partial charge < -0.3 is 15.2 Å². The number of amides is 2. The molecule has 7 nitrogen and oxygen atoms in total. The van der Waals surface area contributed by atoms with Crippen molar-refractivity contribution < 1.29 is 24.2 Å². The van der Waals surface area contributed by atoms with Crippen LogP contribution in [0.2, 0.25) is 0 Å². The average Bonchev–Trinajstić information content (AvgIpc) is 3.16. The Morgan fingerprint density at radius 3 is 2.20 bits per heavy atom. The maximum Gasteiger partial charge on any atom is 0.411 e. The van der Waals surface area contributed by atoms with Gasteiger partial charge in [-0.15, -0.1) is 0 Å². The molecular weight excluding hydrogens is 444 g/mol. The second-order valence-corrected chi connectivity index (χ2v) is 8.66. The Labute approximate surface area is 204 Å². The second-order valence-electron chi connectivity index (χ2n) is 8.66. The van der Waals surface area contributed by atoms with Crippen LogP contribution in [0.15, 0.2) is 66.7 Å². The summed E-state index contributed by atoms with van der Waals surface area (Å²) in [5.74, 6) is -1.53. The van der Waals surface area contributed by atoms with Gasteiger partial charge in [0.2, 0.25) is 0 Å². The number of carbonyl (C=O) groups is 3. The maximum absolute atomic E-state index is 12.9. The summed E-state index contributed by atoms with van der Waals surface area (Å²) in [6.45, 7) is 3.74. The van der Waals surface area contributed by atoms with Gasteiger partial charge in [-0.25, -0.2) is 4.79 Å². The van der Waals surface area contributed by atoms with E-state index in [1.54, 1.807) is 19.1 Å². The second kappa shape index (κ2) is 10.4. The van der Waals surface area contributed by atoms with Gasteiger partial charge in [-0.2, -0.15) is 0 Å². The molecule has 3 aromatic carbocycles. The van der Waals surface area contributed by atoms with E-state index in [-0.39, 0.29) is 24.5 Å². The first-order valence-electron chi connectivity index (χ1n) is 11.6. The first-order valence-corrected chi connectivity index (χ1v) is 11.6. The van der Waals surface area contributed by atoms with Gasteiger partial charge in [-0.1, -0.05) is 61.5 Å². The Morgan fingerprint density at radius 1 is 0.971 bits per heavy atom. The summed E-state index contributed by atoms with van der Waals surface area (Å²) in [6.07, 6.45) is -0.159. The molecule has 0 aliphatic heterocycles. The Bertz CT molecular complexity index is 1220. The number of aryl methyl sites for hydroxylation is 1. The number of ether oxygens (including phenoxy) is 1. The summed E-state index contributed by atoms with van der Waals surface area (Å²) in [4.78, 5) is 36.6. The molecule has 3 N–H and O–H groups in total. The molecule has 0 heterocycles. The molecule has 0 spiro atoms. The van der Waals surface area contributed by atoms with Crippen molar-refractivity contribution in [2.24, 2.45) is 0 Å². The van der Waals surface area contributed by atoms with Crippen LogP contribution in [0.5, 0.6) is 0 Å². The summed E-state index contributed by atoms with van der Waals surface area (Å²) >= 11 is 0. The fourth-order valence-electron chi connectivity index (χ4n) is 4.47. The van der Waals surface area contributed by atoms with Gasteiger partial charge in [-0.3, -0.25) is 14.9 Å². The number of hydrogen-bond acceptors (Lipinski definition) is 4. The van der Waals surface area contributed by atoms with Crippen molar-refractivity contribution in [3.8, 4) is 11.1 Å². The van der Waals surface area contributed by atoms with Crippen molar-refractivity contribution in [2.75, 3.05) is 11.9 Å². The number of fused-ring (bicyclic) bond motifs is 3. The molecule has 7 heteroatoms. The predicted molar refractivity (Wildman–Crippen MR) is 134 cm³/mol. The first kappa shape index (κ1) is 24.0. The summed E-state index contributed by atoms with van der Waals surface area (Å²) in [6, 6.07) is 20.8. The largest absolute Gasteiger partial charge is 0.481 e. The summed E-state index contributed by atoms with van der Waals surface area (Å²) in [5.41, 5.74) is 5.99. The standard InChI is InChI=1S/C28H28N2O5/c1-3-18-12-13-25(23(15-18)27(33)29-17(2)14-26(31)32)30-28(34)35-16-24-21-10-6-4-8-19(21)20-9-5-7-11-22(20)24/h4-13,15,17,24H,3,14,16H2,1-2H3,(H,29,33)(H,30,34)(H,31,32)/t17-/m1/s1. The lowest BCUT2D eigenvalue weighted by Crippen LogP contribution is -2.35. The molecule has 0 bridgehead atoms. The minimum atomic E-state index is -1.00. The summed E-state index contributed by atoms with van der Waals surface area (Å²) in [5, 5.41) is 14.3. The van der Waals surface area contributed by atoms with Gasteiger partial charge in [0.05, 0.1) is 17.7 Å². The number of anilines is 1. The highest BCUT2D eigenvalue weighted by Gasteiger charge is 2.29. The molecular formula is C28H28N2O5. The minimum Gasteiger partial charge on any atom is -0.481 e. The topological polar surface area (TPSA) is 105 Å². The Balaban J connectivity index is 1.48. The van der Waals surface area contributed by atoms with E-state index >= 15 is 0 Å². The lowest BCUT2D eigenvalue weighted by Gasteiger charge is -2.17. The summed E-state index contributed by atoms with van der Waals surface area (Å²) < 4.78 is 5.61. The number of hydrogen-bond donors (Lipinski definition) is 3. The molecule has 2 amide bonds. The van der Waals surface area contributed by atoms with Gasteiger partial charge in [-0.05, 0) is 53.3 Å². The van der Waals surface area contributed by atoms with Gasteiger partial charge in [0.1, 0.15) is 6.61 Å². The third kappa shape index (κ3) is 5.35. The molecule has 3 aromatic rings. The van der Waals surface area contributed by atoms with Crippen molar-refractivity contribution in [1.29, 1.82) is 0 Å². The first-order chi connectivity index (χ1) is 16.9. The van der Waals surface area contributed by atoms with Crippen LogP contribution >= 0.6 is 0 Å². The highest BCUT2D eigenvalue weighted by molar-refractivity contribution is 6.03. The lowest BCUT2D eigenvalue weighted by atomic mass is 9.98. The van der Waals surface area contributed by atoms with Crippen LogP contribution in [-0.2, 0) is 16.0 Å². The number of benzene rings is 3. The lowest BCUT2D eigenvalue weighted by molar-refractivity contribution is -0.137. The van der Waals surface area contributed by atoms with Crippen molar-refractivity contribution >= 4 is 23.7 Å². The van der Waals surface area contributed by atoms with Crippen LogP contribution in [0.4, 0.5) is 10.5 Å². The van der Waals surface area contributed by atoms with Crippen molar-refractivity contribution in [3.63, 3.8) is 0 Å². The number of aliphatic carboxylic acids is 1. The van der Waals surface area contributed by atoms with Crippen LogP contribution in [0.25, 0.3) is 11.1 Å². The normalized spacial score (nSPS) is 12.9. The van der Waals surface area contributed by atoms with Crippen molar-refractivity contribution in [2.45, 2.75) is 38.6 Å². The molecule has 4 rings (SSSR count). The Hall–Kier alpha value is -4.13. The summed E-state index contributed by atoms with van der Waals surface area (Å²) in [7, 11) is 0. The molecule has 0 fully saturated rings. The minimum absolute atomic E-state index is 0.0738. The highest BCUT2D eigenvalue weighted by atomic mass is 16.5. The molecule has 0 unspecified atom stereocenters. The zero-order valence-corrected chi connectivity index (χ0v) is 19.7. The molecule has 1 atom stereocenters. The smallest absolute Gasteiger partial charge is 0.411 e. The van der Waals surface area contributed by atoms with Crippen LogP contribution in [0, 0.1) is 0 Å². The molecule has 0 saturated heterocycles. The monoisotopic (exact) mass is 472 g/mol. The van der Waals surface area contributed by atoms with E-state index in [0.29, 0.717) is 12.1 Å². The van der Waals surface area contributed by atoms with Crippen LogP contribution in [-0.4, -0.2) is 35.7 Å². The number of nitrogens with one attached hydrogen (secondary N) is 2. The Morgan fingerprint density at radius 2 is 1.60 bits per heavy atom.